The molecule has 0 unspecified atom stereocenters. The Kier molecular flexibility index (Phi) is 7.91. The molecule has 1 aromatic rings. The summed E-state index contributed by atoms with van der Waals surface area (Å²) in [4.78, 5) is 14.0. The van der Waals surface area contributed by atoms with Gasteiger partial charge in [0.05, 0.1) is 11.5 Å². The van der Waals surface area contributed by atoms with Gasteiger partial charge >= 0.3 is 5.97 Å². The van der Waals surface area contributed by atoms with E-state index in [1.807, 2.05) is 0 Å². The monoisotopic (exact) mass is 512 g/mol. The highest BCUT2D eigenvalue weighted by molar-refractivity contribution is 6.74. The quantitative estimate of drug-likeness (QED) is 0.282. The zero-order chi connectivity index (χ0) is 26.4. The summed E-state index contributed by atoms with van der Waals surface area (Å²) in [5.41, 5.74) is 1.00. The zero-order valence-corrected chi connectivity index (χ0v) is 25.4. The molecule has 0 amide bonds. The molecule has 6 atom stereocenters. The molecule has 36 heavy (non-hydrogen) atoms. The summed E-state index contributed by atoms with van der Waals surface area (Å²) in [5, 5.41) is 0.131. The molecule has 0 heterocycles. The molecular formula is C32H52O3Si. The number of benzene rings is 1. The molecule has 3 aliphatic carbocycles. The van der Waals surface area contributed by atoms with Crippen LogP contribution in [-0.2, 0) is 19.4 Å². The summed E-state index contributed by atoms with van der Waals surface area (Å²) < 4.78 is 13.9. The maximum atomic E-state index is 14.0. The number of hydrogen-bond acceptors (Lipinski definition) is 3. The second-order valence-corrected chi connectivity index (χ2v) is 19.2. The Labute approximate surface area is 222 Å². The maximum Gasteiger partial charge on any atom is 0.312 e. The first kappa shape index (κ1) is 27.9. The van der Waals surface area contributed by atoms with Crippen LogP contribution in [0.1, 0.15) is 105 Å². The van der Waals surface area contributed by atoms with E-state index < -0.39 is 8.32 Å². The Morgan fingerprint density at radius 2 is 1.64 bits per heavy atom. The molecule has 0 aromatic heterocycles. The minimum atomic E-state index is -2.02. The predicted octanol–water partition coefficient (Wildman–Crippen LogP) is 8.67. The molecule has 0 bridgehead atoms. The van der Waals surface area contributed by atoms with E-state index in [4.69, 9.17) is 9.16 Å². The molecule has 3 aliphatic rings. The fourth-order valence-corrected chi connectivity index (χ4v) is 8.91. The molecule has 0 radical (unpaired) electrons. The average Bonchev–Trinajstić information content (AvgIpc) is 2.93. The number of hydrogen-bond donors (Lipinski definition) is 0. The van der Waals surface area contributed by atoms with Crippen molar-refractivity contribution >= 4 is 14.3 Å². The average molecular weight is 513 g/mol. The van der Waals surface area contributed by atoms with Crippen molar-refractivity contribution in [1.29, 1.82) is 0 Å². The first-order chi connectivity index (χ1) is 16.8. The zero-order valence-electron chi connectivity index (χ0n) is 24.4. The molecule has 4 rings (SSSR count). The highest BCUT2D eigenvalue weighted by Crippen LogP contribution is 2.58. The third kappa shape index (κ3) is 5.23. The third-order valence-electron chi connectivity index (χ3n) is 10.7. The van der Waals surface area contributed by atoms with Gasteiger partial charge < -0.3 is 9.16 Å². The minimum Gasteiger partial charge on any atom is -0.462 e. The van der Waals surface area contributed by atoms with Crippen molar-refractivity contribution in [3.05, 3.63) is 35.9 Å². The molecular weight excluding hydrogens is 460 g/mol. The van der Waals surface area contributed by atoms with Crippen LogP contribution >= 0.6 is 0 Å². The van der Waals surface area contributed by atoms with Crippen LogP contribution in [-0.4, -0.2) is 26.0 Å². The van der Waals surface area contributed by atoms with Gasteiger partial charge in [-0.3, -0.25) is 4.79 Å². The van der Waals surface area contributed by atoms with Crippen molar-refractivity contribution in [1.82, 2.24) is 0 Å². The molecule has 0 aliphatic heterocycles. The number of esters is 1. The van der Waals surface area contributed by atoms with E-state index in [2.05, 4.69) is 85.0 Å². The van der Waals surface area contributed by atoms with E-state index in [-0.39, 0.29) is 34.0 Å². The maximum absolute atomic E-state index is 14.0. The van der Waals surface area contributed by atoms with Gasteiger partial charge in [0.15, 0.2) is 8.32 Å². The molecule has 3 saturated carbocycles. The van der Waals surface area contributed by atoms with E-state index in [1.54, 1.807) is 0 Å². The predicted molar refractivity (Wildman–Crippen MR) is 152 cm³/mol. The molecule has 0 N–H and O–H groups in total. The van der Waals surface area contributed by atoms with Crippen molar-refractivity contribution in [2.45, 2.75) is 135 Å². The molecule has 3 fully saturated rings. The van der Waals surface area contributed by atoms with Gasteiger partial charge in [0.25, 0.3) is 0 Å². The van der Waals surface area contributed by atoms with Gasteiger partial charge in [-0.05, 0) is 73.1 Å². The van der Waals surface area contributed by atoms with Crippen molar-refractivity contribution in [3.63, 3.8) is 0 Å². The van der Waals surface area contributed by atoms with Gasteiger partial charge in [-0.15, -0.1) is 0 Å². The Balaban J connectivity index is 1.57. The Bertz CT molecular complexity index is 902. The number of carbonyl (C=O) groups is 1. The van der Waals surface area contributed by atoms with Crippen molar-refractivity contribution in [2.75, 3.05) is 0 Å². The molecule has 1 aromatic carbocycles. The fraction of sp³-hybridized carbons (Fsp3) is 0.781. The van der Waals surface area contributed by atoms with E-state index in [0.29, 0.717) is 17.8 Å². The number of ether oxygens (including phenoxy) is 1. The lowest BCUT2D eigenvalue weighted by Gasteiger charge is -2.59. The highest BCUT2D eigenvalue weighted by atomic mass is 28.4. The first-order valence-electron chi connectivity index (χ1n) is 14.7. The molecule has 0 spiro atoms. The van der Waals surface area contributed by atoms with Crippen LogP contribution in [0, 0.1) is 23.7 Å². The number of carbonyl (C=O) groups excluding carboxylic acids is 1. The second kappa shape index (κ2) is 10.2. The molecule has 202 valence electrons. The molecule has 4 heteroatoms. The lowest BCUT2D eigenvalue weighted by Crippen LogP contribution is -2.65. The van der Waals surface area contributed by atoms with Gasteiger partial charge in [0.2, 0.25) is 0 Å². The smallest absolute Gasteiger partial charge is 0.312 e. The lowest BCUT2D eigenvalue weighted by atomic mass is 9.58. The van der Waals surface area contributed by atoms with Crippen LogP contribution in [0.3, 0.4) is 0 Å². The first-order valence-corrected chi connectivity index (χ1v) is 17.6. The van der Waals surface area contributed by atoms with Gasteiger partial charge in [0.1, 0.15) is 6.10 Å². The van der Waals surface area contributed by atoms with Crippen molar-refractivity contribution < 1.29 is 14.0 Å². The summed E-state index contributed by atoms with van der Waals surface area (Å²) in [6.07, 6.45) is 10.1. The van der Waals surface area contributed by atoms with E-state index in [1.165, 1.54) is 37.7 Å². The lowest BCUT2D eigenvalue weighted by molar-refractivity contribution is -0.197. The summed E-state index contributed by atoms with van der Waals surface area (Å²) in [6, 6.07) is 10.8. The van der Waals surface area contributed by atoms with Crippen LogP contribution in [0.4, 0.5) is 0 Å². The Morgan fingerprint density at radius 1 is 0.944 bits per heavy atom. The Morgan fingerprint density at radius 3 is 2.31 bits per heavy atom. The summed E-state index contributed by atoms with van der Waals surface area (Å²) in [5.74, 6) is 1.36. The van der Waals surface area contributed by atoms with Crippen molar-refractivity contribution in [2.24, 2.45) is 23.7 Å². The molecule has 0 saturated heterocycles. The van der Waals surface area contributed by atoms with Crippen LogP contribution in [0.5, 0.6) is 0 Å². The molecule has 3 nitrogen and oxygen atoms in total. The highest BCUT2D eigenvalue weighted by Gasteiger charge is 2.62. The van der Waals surface area contributed by atoms with Crippen LogP contribution in [0.25, 0.3) is 0 Å². The van der Waals surface area contributed by atoms with Gasteiger partial charge in [-0.2, -0.15) is 0 Å². The van der Waals surface area contributed by atoms with Crippen molar-refractivity contribution in [3.8, 4) is 0 Å². The summed E-state index contributed by atoms with van der Waals surface area (Å²) >= 11 is 0. The van der Waals surface area contributed by atoms with Gasteiger partial charge in [-0.25, -0.2) is 0 Å². The number of fused-ring (bicyclic) bond motifs is 1. The van der Waals surface area contributed by atoms with E-state index in [0.717, 1.165) is 25.7 Å². The summed E-state index contributed by atoms with van der Waals surface area (Å²) in [7, 11) is -2.02. The summed E-state index contributed by atoms with van der Waals surface area (Å²) in [6.45, 7) is 18.7. The van der Waals surface area contributed by atoms with Gasteiger partial charge in [0, 0.05) is 5.92 Å². The topological polar surface area (TPSA) is 35.5 Å². The number of rotatable bonds is 6. The van der Waals surface area contributed by atoms with Crippen LogP contribution in [0.2, 0.25) is 18.1 Å². The van der Waals surface area contributed by atoms with E-state index in [9.17, 15) is 4.79 Å². The SMILES string of the molecule is C[C@@H]1CC[C@@H](C(C)(C)c2ccccc2)[C@H](OC(=O)[C@@H]2C[C@@H]3CCCCC[C@@]32O[Si](C)(C)C(C)(C)C)C1. The van der Waals surface area contributed by atoms with Crippen LogP contribution in [0.15, 0.2) is 30.3 Å². The van der Waals surface area contributed by atoms with Gasteiger partial charge in [-0.1, -0.05) is 97.6 Å². The van der Waals surface area contributed by atoms with E-state index >= 15 is 0 Å². The second-order valence-electron chi connectivity index (χ2n) is 14.5. The van der Waals surface area contributed by atoms with Crippen LogP contribution < -0.4 is 0 Å². The standard InChI is InChI=1S/C32H52O3Si/c1-23-18-19-26(31(5,6)24-15-11-9-12-16-24)28(21-23)34-29(33)27-22-25-17-13-10-14-20-32(25,27)35-36(7,8)30(2,3)4/h9,11-12,15-16,23,25-28H,10,13-14,17-22H2,1-8H3/t23-,25+,26-,27+,28-,32-/m1/s1. The fourth-order valence-electron chi connectivity index (χ4n) is 7.24. The normalized spacial score (nSPS) is 33.7. The largest absolute Gasteiger partial charge is 0.462 e. The Hall–Kier alpha value is -1.13. The third-order valence-corrected chi connectivity index (χ3v) is 15.2. The minimum absolute atomic E-state index is 0.0220.